The number of aromatic nitrogens is 5. The molecule has 10 nitrogen and oxygen atoms in total. The zero-order chi connectivity index (χ0) is 24.7. The predicted octanol–water partition coefficient (Wildman–Crippen LogP) is 1.68. The lowest BCUT2D eigenvalue weighted by molar-refractivity contribution is 0.0846. The maximum atomic E-state index is 13.4. The van der Waals surface area contributed by atoms with Crippen molar-refractivity contribution in [3.63, 3.8) is 0 Å². The van der Waals surface area contributed by atoms with Crippen LogP contribution in [0.2, 0.25) is 0 Å². The van der Waals surface area contributed by atoms with Crippen LogP contribution in [0.1, 0.15) is 22.6 Å². The molecule has 1 aromatic carbocycles. The van der Waals surface area contributed by atoms with E-state index in [4.69, 9.17) is 0 Å². The summed E-state index contributed by atoms with van der Waals surface area (Å²) >= 11 is 0. The summed E-state index contributed by atoms with van der Waals surface area (Å²) in [5.74, 6) is -0.593. The summed E-state index contributed by atoms with van der Waals surface area (Å²) in [6, 6.07) is 7.03. The molecule has 4 aromatic rings. The maximum Gasteiger partial charge on any atom is 0.268 e. The second-order valence-electron chi connectivity index (χ2n) is 8.69. The largest absolute Gasteiger partial charge is 0.394 e. The van der Waals surface area contributed by atoms with Gasteiger partial charge >= 0.3 is 0 Å². The van der Waals surface area contributed by atoms with Gasteiger partial charge in [0.05, 0.1) is 51.9 Å². The number of aromatic amines is 1. The van der Waals surface area contributed by atoms with E-state index in [-0.39, 0.29) is 19.1 Å². The van der Waals surface area contributed by atoms with Gasteiger partial charge in [0.1, 0.15) is 5.69 Å². The molecule has 0 saturated carbocycles. The molecule has 182 valence electrons. The van der Waals surface area contributed by atoms with Crippen molar-refractivity contribution in [2.24, 2.45) is 7.05 Å². The quantitative estimate of drug-likeness (QED) is 0.370. The molecule has 0 bridgehead atoms. The molecule has 1 fully saturated rings. The first kappa shape index (κ1) is 23.1. The number of halogens is 1. The normalized spacial score (nSPS) is 18.8. The molecular formula is C23H24FN7O3S. The lowest BCUT2D eigenvalue weighted by Crippen LogP contribution is -2.53. The first-order chi connectivity index (χ1) is 16.8. The number of anilines is 1. The molecule has 5 rings (SSSR count). The van der Waals surface area contributed by atoms with Crippen molar-refractivity contribution < 1.29 is 18.5 Å². The van der Waals surface area contributed by atoms with Gasteiger partial charge in [-0.1, -0.05) is 0 Å². The van der Waals surface area contributed by atoms with Crippen LogP contribution in [0.15, 0.2) is 52.6 Å². The van der Waals surface area contributed by atoms with E-state index >= 15 is 0 Å². The lowest BCUT2D eigenvalue weighted by Gasteiger charge is -2.28. The number of fused-ring (bicyclic) bond motifs is 1. The zero-order valence-electron chi connectivity index (χ0n) is 19.2. The monoisotopic (exact) mass is 497 g/mol. The van der Waals surface area contributed by atoms with Crippen molar-refractivity contribution in [2.75, 3.05) is 24.6 Å². The van der Waals surface area contributed by atoms with E-state index in [1.54, 1.807) is 34.8 Å². The first-order valence-corrected chi connectivity index (χ1v) is 12.1. The van der Waals surface area contributed by atoms with Crippen LogP contribution in [0.5, 0.6) is 0 Å². The minimum Gasteiger partial charge on any atom is -0.394 e. The average molecular weight is 498 g/mol. The second-order valence-corrected chi connectivity index (χ2v) is 10.1. The number of hydrogen-bond acceptors (Lipinski definition) is 7. The number of nitrogens with zero attached hydrogens (tertiary/aromatic N) is 5. The van der Waals surface area contributed by atoms with Crippen LogP contribution < -0.4 is 10.2 Å². The van der Waals surface area contributed by atoms with Crippen molar-refractivity contribution in [3.05, 3.63) is 60.1 Å². The third-order valence-corrected chi connectivity index (χ3v) is 7.97. The Morgan fingerprint density at radius 2 is 2.06 bits per heavy atom. The van der Waals surface area contributed by atoms with Crippen molar-refractivity contribution in [1.82, 2.24) is 30.0 Å². The van der Waals surface area contributed by atoms with Crippen LogP contribution in [-0.2, 0) is 17.8 Å². The number of carbonyl (C=O) groups excluding carboxylic acids is 1. The minimum absolute atomic E-state index is 0.272. The molecule has 0 aliphatic carbocycles. The minimum atomic E-state index is -1.50. The fraction of sp³-hybridized carbons (Fsp3) is 0.304. The lowest BCUT2D eigenvalue weighted by atomic mass is 9.99. The highest BCUT2D eigenvalue weighted by Gasteiger charge is 2.40. The Bertz CT molecular complexity index is 1430. The van der Waals surface area contributed by atoms with E-state index in [1.807, 2.05) is 19.1 Å². The maximum absolute atomic E-state index is 13.4. The summed E-state index contributed by atoms with van der Waals surface area (Å²) in [7, 11) is 0.239. The van der Waals surface area contributed by atoms with Gasteiger partial charge in [0.2, 0.25) is 5.95 Å². The number of nitrogens with one attached hydrogen (secondary N) is 2. The number of hydrogen-bond donors (Lipinski definition) is 3. The van der Waals surface area contributed by atoms with E-state index < -0.39 is 22.2 Å². The molecule has 0 spiro atoms. The summed E-state index contributed by atoms with van der Waals surface area (Å²) in [5.41, 5.74) is 0.964. The molecule has 12 heteroatoms. The van der Waals surface area contributed by atoms with Gasteiger partial charge in [-0.2, -0.15) is 5.10 Å². The fourth-order valence-corrected chi connectivity index (χ4v) is 5.63. The Hall–Kier alpha value is -3.64. The molecule has 1 aliphatic rings. The third kappa shape index (κ3) is 4.19. The topological polar surface area (TPSA) is 129 Å². The fourth-order valence-electron chi connectivity index (χ4n) is 4.33. The Balaban J connectivity index is 1.37. The summed E-state index contributed by atoms with van der Waals surface area (Å²) in [6.45, 7) is 2.28. The van der Waals surface area contributed by atoms with Crippen LogP contribution in [0, 0.1) is 12.7 Å². The van der Waals surface area contributed by atoms with Crippen molar-refractivity contribution in [3.8, 4) is 0 Å². The van der Waals surface area contributed by atoms with Crippen LogP contribution in [-0.4, -0.2) is 65.2 Å². The Labute approximate surface area is 202 Å². The number of benzene rings is 1. The van der Waals surface area contributed by atoms with Gasteiger partial charge in [-0.25, -0.2) is 18.6 Å². The van der Waals surface area contributed by atoms with Crippen LogP contribution in [0.4, 0.5) is 10.3 Å². The van der Waals surface area contributed by atoms with Gasteiger partial charge in [-0.15, -0.1) is 0 Å². The standard InChI is InChI=1S/C23H24FN7O3S/c1-14-20(35(34)17-3-4-18-15(7-17)9-27-29-18)8-19(30(14)2)21(33)28-23(13-32)5-6-31(12-23)22-25-10-16(24)11-26-22/h3-4,7-11,32H,5-6,12-13H2,1-2H3,(H,27,29)(H,28,33). The number of aliphatic hydroxyl groups is 1. The molecule has 4 heterocycles. The highest BCUT2D eigenvalue weighted by molar-refractivity contribution is 7.85. The molecule has 2 unspecified atom stereocenters. The number of H-pyrrole nitrogens is 1. The van der Waals surface area contributed by atoms with Crippen LogP contribution in [0.25, 0.3) is 10.9 Å². The van der Waals surface area contributed by atoms with E-state index in [0.29, 0.717) is 40.1 Å². The summed E-state index contributed by atoms with van der Waals surface area (Å²) in [6.07, 6.45) is 4.29. The number of carbonyl (C=O) groups is 1. The Kier molecular flexibility index (Phi) is 5.85. The molecule has 3 aromatic heterocycles. The number of rotatable bonds is 6. The third-order valence-electron chi connectivity index (χ3n) is 6.47. The highest BCUT2D eigenvalue weighted by atomic mass is 32.2. The first-order valence-electron chi connectivity index (χ1n) is 11.0. The van der Waals surface area contributed by atoms with Crippen molar-refractivity contribution in [1.29, 1.82) is 0 Å². The average Bonchev–Trinajstić information content (AvgIpc) is 3.57. The van der Waals surface area contributed by atoms with Crippen molar-refractivity contribution >= 4 is 33.6 Å². The molecule has 1 saturated heterocycles. The highest BCUT2D eigenvalue weighted by Crippen LogP contribution is 2.28. The van der Waals surface area contributed by atoms with Crippen LogP contribution >= 0.6 is 0 Å². The zero-order valence-corrected chi connectivity index (χ0v) is 20.0. The van der Waals surface area contributed by atoms with E-state index in [0.717, 1.165) is 23.3 Å². The molecule has 0 radical (unpaired) electrons. The van der Waals surface area contributed by atoms with Gasteiger partial charge in [0, 0.05) is 36.1 Å². The molecular weight excluding hydrogens is 473 g/mol. The summed E-state index contributed by atoms with van der Waals surface area (Å²) in [4.78, 5) is 24.2. The molecule has 1 aliphatic heterocycles. The Morgan fingerprint density at radius 1 is 1.29 bits per heavy atom. The van der Waals surface area contributed by atoms with Crippen LogP contribution in [0.3, 0.4) is 0 Å². The van der Waals surface area contributed by atoms with E-state index in [1.165, 1.54) is 0 Å². The molecule has 1 amide bonds. The van der Waals surface area contributed by atoms with Gasteiger partial charge in [0.25, 0.3) is 5.91 Å². The van der Waals surface area contributed by atoms with Crippen molar-refractivity contribution in [2.45, 2.75) is 28.7 Å². The molecule has 35 heavy (non-hydrogen) atoms. The predicted molar refractivity (Wildman–Crippen MR) is 127 cm³/mol. The Morgan fingerprint density at radius 3 is 2.80 bits per heavy atom. The molecule has 3 N–H and O–H groups in total. The van der Waals surface area contributed by atoms with E-state index in [9.17, 15) is 18.5 Å². The second kappa shape index (κ2) is 8.86. The smallest absolute Gasteiger partial charge is 0.268 e. The SMILES string of the molecule is Cc1c(S(=O)c2ccc3[nH]ncc3c2)cc(C(=O)NC2(CO)CCN(c3ncc(F)cn3)C2)n1C. The van der Waals surface area contributed by atoms with Gasteiger partial charge in [-0.3, -0.25) is 9.89 Å². The van der Waals surface area contributed by atoms with Gasteiger partial charge in [0.15, 0.2) is 5.82 Å². The van der Waals surface area contributed by atoms with Gasteiger partial charge in [-0.05, 0) is 37.6 Å². The van der Waals surface area contributed by atoms with Gasteiger partial charge < -0.3 is 19.9 Å². The number of amides is 1. The number of aliphatic hydroxyl groups excluding tert-OH is 1. The molecule has 2 atom stereocenters. The summed E-state index contributed by atoms with van der Waals surface area (Å²) in [5, 5.41) is 20.8. The summed E-state index contributed by atoms with van der Waals surface area (Å²) < 4.78 is 28.2. The van der Waals surface area contributed by atoms with E-state index in [2.05, 4.69) is 25.5 Å².